The second-order valence-corrected chi connectivity index (χ2v) is 6.12. The van der Waals surface area contributed by atoms with Crippen molar-refractivity contribution in [1.82, 2.24) is 5.32 Å². The molecule has 5 nitrogen and oxygen atoms in total. The summed E-state index contributed by atoms with van der Waals surface area (Å²) in [4.78, 5) is 24.5. The molecule has 0 aliphatic heterocycles. The number of hydrogen-bond acceptors (Lipinski definition) is 3. The molecule has 0 heterocycles. The summed E-state index contributed by atoms with van der Waals surface area (Å²) in [6.45, 7) is 4.65. The van der Waals surface area contributed by atoms with Crippen LogP contribution < -0.4 is 16.4 Å². The second kappa shape index (κ2) is 8.15. The van der Waals surface area contributed by atoms with Gasteiger partial charge in [-0.05, 0) is 35.7 Å². The van der Waals surface area contributed by atoms with E-state index in [-0.39, 0.29) is 18.2 Å². The number of rotatable bonds is 6. The minimum absolute atomic E-state index is 0.177. The van der Waals surface area contributed by atoms with Crippen LogP contribution in [0.15, 0.2) is 48.5 Å². The van der Waals surface area contributed by atoms with Crippen LogP contribution in [0.25, 0.3) is 0 Å². The number of benzene rings is 2. The van der Waals surface area contributed by atoms with Crippen LogP contribution in [0.4, 0.5) is 11.4 Å². The van der Waals surface area contributed by atoms with Gasteiger partial charge in [-0.15, -0.1) is 0 Å². The summed E-state index contributed by atoms with van der Waals surface area (Å²) in [5, 5.41) is 5.67. The monoisotopic (exact) mass is 325 g/mol. The molecule has 5 heteroatoms. The number of nitrogens with two attached hydrogens (primary N) is 1. The predicted molar refractivity (Wildman–Crippen MR) is 96.8 cm³/mol. The number of nitrogens with one attached hydrogen (secondary N) is 2. The van der Waals surface area contributed by atoms with Crippen molar-refractivity contribution < 1.29 is 9.59 Å². The van der Waals surface area contributed by atoms with Gasteiger partial charge in [-0.1, -0.05) is 38.1 Å². The first-order valence-corrected chi connectivity index (χ1v) is 7.97. The van der Waals surface area contributed by atoms with E-state index in [0.717, 1.165) is 5.56 Å². The van der Waals surface area contributed by atoms with Gasteiger partial charge >= 0.3 is 0 Å². The Labute approximate surface area is 142 Å². The number of nitrogen functional groups attached to an aromatic ring is 1. The molecule has 0 aliphatic rings. The molecule has 0 unspecified atom stereocenters. The highest BCUT2D eigenvalue weighted by molar-refractivity contribution is 6.04. The number of amides is 2. The molecule has 0 atom stereocenters. The van der Waals surface area contributed by atoms with Gasteiger partial charge in [0, 0.05) is 12.2 Å². The molecule has 2 rings (SSSR count). The van der Waals surface area contributed by atoms with Crippen LogP contribution in [0.5, 0.6) is 0 Å². The quantitative estimate of drug-likeness (QED) is 0.714. The van der Waals surface area contributed by atoms with Crippen LogP contribution in [0, 0.1) is 5.92 Å². The summed E-state index contributed by atoms with van der Waals surface area (Å²) in [6, 6.07) is 14.1. The van der Waals surface area contributed by atoms with Crippen LogP contribution in [-0.4, -0.2) is 18.4 Å². The van der Waals surface area contributed by atoms with Gasteiger partial charge in [-0.3, -0.25) is 9.59 Å². The van der Waals surface area contributed by atoms with Crippen LogP contribution in [0.2, 0.25) is 0 Å². The summed E-state index contributed by atoms with van der Waals surface area (Å²) in [5.74, 6) is -0.00261. The number of carbonyl (C=O) groups is 2. The van der Waals surface area contributed by atoms with Crippen LogP contribution in [0.3, 0.4) is 0 Å². The molecule has 0 radical (unpaired) electrons. The second-order valence-electron chi connectivity index (χ2n) is 6.12. The summed E-state index contributed by atoms with van der Waals surface area (Å²) >= 11 is 0. The first-order chi connectivity index (χ1) is 11.5. The molecule has 0 aromatic heterocycles. The van der Waals surface area contributed by atoms with Crippen molar-refractivity contribution in [3.63, 3.8) is 0 Å². The zero-order valence-corrected chi connectivity index (χ0v) is 14.0. The fraction of sp³-hybridized carbons (Fsp3) is 0.263. The Morgan fingerprint density at radius 3 is 2.38 bits per heavy atom. The number of hydrogen-bond donors (Lipinski definition) is 3. The van der Waals surface area contributed by atoms with Gasteiger partial charge in [0.25, 0.3) is 5.91 Å². The average molecular weight is 325 g/mol. The predicted octanol–water partition coefficient (Wildman–Crippen LogP) is 2.84. The third-order valence-electron chi connectivity index (χ3n) is 3.46. The van der Waals surface area contributed by atoms with Crippen molar-refractivity contribution in [3.8, 4) is 0 Å². The van der Waals surface area contributed by atoms with E-state index in [4.69, 9.17) is 5.73 Å². The van der Waals surface area contributed by atoms with Crippen molar-refractivity contribution in [2.75, 3.05) is 17.6 Å². The maximum absolute atomic E-state index is 12.3. The largest absolute Gasteiger partial charge is 0.399 e. The molecule has 4 N–H and O–H groups in total. The van der Waals surface area contributed by atoms with Gasteiger partial charge in [0.2, 0.25) is 5.91 Å². The van der Waals surface area contributed by atoms with Crippen molar-refractivity contribution in [2.45, 2.75) is 20.3 Å². The summed E-state index contributed by atoms with van der Waals surface area (Å²) in [5.41, 5.74) is 8.14. The molecule has 0 saturated carbocycles. The molecule has 2 aromatic carbocycles. The zero-order valence-electron chi connectivity index (χ0n) is 14.0. The maximum atomic E-state index is 12.3. The van der Waals surface area contributed by atoms with E-state index in [1.807, 2.05) is 26.0 Å². The normalized spacial score (nSPS) is 10.5. The minimum atomic E-state index is -0.188. The van der Waals surface area contributed by atoms with Gasteiger partial charge < -0.3 is 16.4 Å². The van der Waals surface area contributed by atoms with Gasteiger partial charge in [-0.25, -0.2) is 0 Å². The molecule has 0 aliphatic carbocycles. The standard InChI is InChI=1S/C19H23N3O2/c1-13(2)12-21-19(24)16-5-3-4-6-17(16)22-18(23)11-14-7-9-15(20)10-8-14/h3-10,13H,11-12,20H2,1-2H3,(H,21,24)(H,22,23). The Kier molecular flexibility index (Phi) is 5.95. The average Bonchev–Trinajstić information content (AvgIpc) is 2.55. The smallest absolute Gasteiger partial charge is 0.253 e. The number of para-hydroxylation sites is 1. The zero-order chi connectivity index (χ0) is 17.5. The van der Waals surface area contributed by atoms with E-state index < -0.39 is 0 Å². The SMILES string of the molecule is CC(C)CNC(=O)c1ccccc1NC(=O)Cc1ccc(N)cc1. The van der Waals surface area contributed by atoms with E-state index in [1.54, 1.807) is 36.4 Å². The molecule has 2 amide bonds. The molecular weight excluding hydrogens is 302 g/mol. The van der Waals surface area contributed by atoms with Gasteiger partial charge in [0.15, 0.2) is 0 Å². The molecule has 0 spiro atoms. The Hall–Kier alpha value is -2.82. The van der Waals surface area contributed by atoms with Crippen LogP contribution in [0.1, 0.15) is 29.8 Å². The lowest BCUT2D eigenvalue weighted by molar-refractivity contribution is -0.115. The Balaban J connectivity index is 2.05. The van der Waals surface area contributed by atoms with Gasteiger partial charge in [-0.2, -0.15) is 0 Å². The fourth-order valence-electron chi connectivity index (χ4n) is 2.20. The van der Waals surface area contributed by atoms with Gasteiger partial charge in [0.1, 0.15) is 0 Å². The molecule has 24 heavy (non-hydrogen) atoms. The highest BCUT2D eigenvalue weighted by Gasteiger charge is 2.13. The summed E-state index contributed by atoms with van der Waals surface area (Å²) in [6.07, 6.45) is 0.224. The fourth-order valence-corrected chi connectivity index (χ4v) is 2.20. The first kappa shape index (κ1) is 17.5. The van der Waals surface area contributed by atoms with Crippen LogP contribution >= 0.6 is 0 Å². The highest BCUT2D eigenvalue weighted by Crippen LogP contribution is 2.16. The Morgan fingerprint density at radius 2 is 1.71 bits per heavy atom. The van der Waals surface area contributed by atoms with E-state index in [1.165, 1.54) is 0 Å². The van der Waals surface area contributed by atoms with Gasteiger partial charge in [0.05, 0.1) is 17.7 Å². The summed E-state index contributed by atoms with van der Waals surface area (Å²) in [7, 11) is 0. The topological polar surface area (TPSA) is 84.2 Å². The number of anilines is 2. The lowest BCUT2D eigenvalue weighted by Crippen LogP contribution is -2.28. The highest BCUT2D eigenvalue weighted by atomic mass is 16.2. The third kappa shape index (κ3) is 5.12. The first-order valence-electron chi connectivity index (χ1n) is 7.97. The summed E-state index contributed by atoms with van der Waals surface area (Å²) < 4.78 is 0. The lowest BCUT2D eigenvalue weighted by atomic mass is 10.1. The molecule has 0 saturated heterocycles. The molecule has 0 fully saturated rings. The molecule has 126 valence electrons. The Morgan fingerprint density at radius 1 is 1.04 bits per heavy atom. The Bertz CT molecular complexity index is 709. The maximum Gasteiger partial charge on any atom is 0.253 e. The van der Waals surface area contributed by atoms with E-state index in [0.29, 0.717) is 29.4 Å². The van der Waals surface area contributed by atoms with Crippen molar-refractivity contribution in [2.24, 2.45) is 5.92 Å². The van der Waals surface area contributed by atoms with Crippen LogP contribution in [-0.2, 0) is 11.2 Å². The van der Waals surface area contributed by atoms with Crippen molar-refractivity contribution in [3.05, 3.63) is 59.7 Å². The van der Waals surface area contributed by atoms with Crippen molar-refractivity contribution in [1.29, 1.82) is 0 Å². The third-order valence-corrected chi connectivity index (χ3v) is 3.46. The lowest BCUT2D eigenvalue weighted by Gasteiger charge is -2.12. The van der Waals surface area contributed by atoms with E-state index in [2.05, 4.69) is 10.6 Å². The molecule has 2 aromatic rings. The molecule has 0 bridgehead atoms. The van der Waals surface area contributed by atoms with E-state index >= 15 is 0 Å². The molecular formula is C19H23N3O2. The van der Waals surface area contributed by atoms with E-state index in [9.17, 15) is 9.59 Å². The minimum Gasteiger partial charge on any atom is -0.399 e. The van der Waals surface area contributed by atoms with Crippen molar-refractivity contribution >= 4 is 23.2 Å². The number of carbonyl (C=O) groups excluding carboxylic acids is 2.